The van der Waals surface area contributed by atoms with Crippen LogP contribution in [0.3, 0.4) is 0 Å². The van der Waals surface area contributed by atoms with Gasteiger partial charge in [0.2, 0.25) is 5.91 Å². The minimum absolute atomic E-state index is 0.0168. The zero-order valence-corrected chi connectivity index (χ0v) is 8.16. The molecule has 6 nitrogen and oxygen atoms in total. The highest BCUT2D eigenvalue weighted by atomic mass is 35.5. The predicted octanol–water partition coefficient (Wildman–Crippen LogP) is -0.888. The number of hydrogen-bond acceptors (Lipinski definition) is 4. The lowest BCUT2D eigenvalue weighted by molar-refractivity contribution is -0.121. The second-order valence-electron chi connectivity index (χ2n) is 2.75. The van der Waals surface area contributed by atoms with Gasteiger partial charge in [0.1, 0.15) is 12.1 Å². The number of carbonyl (C=O) groups is 2. The molecule has 1 heterocycles. The third-order valence-corrected chi connectivity index (χ3v) is 2.00. The van der Waals surface area contributed by atoms with Gasteiger partial charge in [-0.15, -0.1) is 11.6 Å². The molecule has 14 heavy (non-hydrogen) atoms. The summed E-state index contributed by atoms with van der Waals surface area (Å²) in [5.41, 5.74) is 0. The molecule has 80 valence electrons. The molecule has 0 bridgehead atoms. The average Bonchev–Trinajstić information content (AvgIpc) is 2.14. The van der Waals surface area contributed by atoms with E-state index < -0.39 is 17.3 Å². The fraction of sp³-hybridized carbons (Fsp3) is 0.714. The lowest BCUT2D eigenvalue weighted by Crippen LogP contribution is -2.55. The zero-order valence-electron chi connectivity index (χ0n) is 7.40. The standard InChI is InChI=1S/C7H11ClN2O4/c8-5-3-10(4-14-2-1-11)7(13)9-6(5)12/h5,11H,1-4H2,(H,9,12,13). The molecule has 0 aromatic rings. The van der Waals surface area contributed by atoms with Crippen LogP contribution in [0, 0.1) is 0 Å². The highest BCUT2D eigenvalue weighted by Gasteiger charge is 2.30. The summed E-state index contributed by atoms with van der Waals surface area (Å²) in [6.45, 7) is 0.171. The van der Waals surface area contributed by atoms with Crippen molar-refractivity contribution >= 4 is 23.5 Å². The SMILES string of the molecule is O=C1NC(=O)N(COCCO)CC1Cl. The Balaban J connectivity index is 2.37. The average molecular weight is 223 g/mol. The van der Waals surface area contributed by atoms with Crippen molar-refractivity contribution in [2.45, 2.75) is 5.38 Å². The van der Waals surface area contributed by atoms with Gasteiger partial charge in [0, 0.05) is 0 Å². The second-order valence-corrected chi connectivity index (χ2v) is 3.27. The maximum atomic E-state index is 11.1. The normalized spacial score (nSPS) is 22.4. The minimum Gasteiger partial charge on any atom is -0.394 e. The summed E-state index contributed by atoms with van der Waals surface area (Å²) in [5.74, 6) is -0.491. The van der Waals surface area contributed by atoms with Crippen molar-refractivity contribution in [3.05, 3.63) is 0 Å². The number of aliphatic hydroxyl groups excluding tert-OH is 1. The van der Waals surface area contributed by atoms with E-state index in [1.165, 1.54) is 4.90 Å². The summed E-state index contributed by atoms with van der Waals surface area (Å²) in [7, 11) is 0. The van der Waals surface area contributed by atoms with E-state index in [4.69, 9.17) is 21.4 Å². The van der Waals surface area contributed by atoms with Crippen LogP contribution in [0.25, 0.3) is 0 Å². The van der Waals surface area contributed by atoms with E-state index in [9.17, 15) is 9.59 Å². The van der Waals surface area contributed by atoms with Crippen molar-refractivity contribution in [1.82, 2.24) is 10.2 Å². The molecule has 1 aliphatic heterocycles. The summed E-state index contributed by atoms with van der Waals surface area (Å²) in [4.78, 5) is 23.3. The molecule has 1 unspecified atom stereocenters. The maximum Gasteiger partial charge on any atom is 0.325 e. The molecule has 0 saturated carbocycles. The van der Waals surface area contributed by atoms with Gasteiger partial charge in [-0.25, -0.2) is 4.79 Å². The molecular weight excluding hydrogens is 212 g/mol. The molecule has 0 aromatic heterocycles. The lowest BCUT2D eigenvalue weighted by Gasteiger charge is -2.28. The molecule has 0 aromatic carbocycles. The van der Waals surface area contributed by atoms with Crippen LogP contribution in [0.15, 0.2) is 0 Å². The van der Waals surface area contributed by atoms with Crippen LogP contribution in [0.1, 0.15) is 0 Å². The van der Waals surface area contributed by atoms with E-state index in [1.807, 2.05) is 0 Å². The number of alkyl halides is 1. The van der Waals surface area contributed by atoms with Gasteiger partial charge >= 0.3 is 6.03 Å². The number of halogens is 1. The Morgan fingerprint density at radius 3 is 3.00 bits per heavy atom. The summed E-state index contributed by atoms with van der Waals surface area (Å²) >= 11 is 5.63. The van der Waals surface area contributed by atoms with E-state index in [1.54, 1.807) is 0 Å². The molecule has 2 N–H and O–H groups in total. The number of nitrogens with one attached hydrogen (secondary N) is 1. The topological polar surface area (TPSA) is 78.9 Å². The maximum absolute atomic E-state index is 11.1. The first-order chi connectivity index (χ1) is 6.65. The summed E-state index contributed by atoms with van der Waals surface area (Å²) < 4.78 is 4.92. The zero-order chi connectivity index (χ0) is 10.6. The fourth-order valence-corrected chi connectivity index (χ4v) is 1.19. The molecule has 1 rings (SSSR count). The largest absolute Gasteiger partial charge is 0.394 e. The summed E-state index contributed by atoms with van der Waals surface area (Å²) in [6, 6.07) is -0.523. The molecule has 1 fully saturated rings. The lowest BCUT2D eigenvalue weighted by atomic mass is 10.3. The molecule has 0 spiro atoms. The number of ether oxygens (including phenoxy) is 1. The van der Waals surface area contributed by atoms with Gasteiger partial charge in [-0.05, 0) is 0 Å². The second kappa shape index (κ2) is 5.14. The highest BCUT2D eigenvalue weighted by Crippen LogP contribution is 2.06. The Morgan fingerprint density at radius 2 is 2.36 bits per heavy atom. The molecule has 3 amide bonds. The first-order valence-corrected chi connectivity index (χ1v) is 4.51. The highest BCUT2D eigenvalue weighted by molar-refractivity contribution is 6.32. The third-order valence-electron chi connectivity index (χ3n) is 1.67. The third kappa shape index (κ3) is 2.83. The van der Waals surface area contributed by atoms with Gasteiger partial charge in [0.25, 0.3) is 0 Å². The van der Waals surface area contributed by atoms with Crippen molar-refractivity contribution in [2.24, 2.45) is 0 Å². The van der Waals surface area contributed by atoms with Crippen LogP contribution >= 0.6 is 11.6 Å². The first kappa shape index (κ1) is 11.2. The number of amides is 3. The Labute approximate surface area is 85.8 Å². The van der Waals surface area contributed by atoms with Crippen LogP contribution in [0.5, 0.6) is 0 Å². The van der Waals surface area contributed by atoms with E-state index in [0.29, 0.717) is 0 Å². The van der Waals surface area contributed by atoms with Gasteiger partial charge < -0.3 is 9.84 Å². The van der Waals surface area contributed by atoms with Gasteiger partial charge in [-0.1, -0.05) is 0 Å². The summed E-state index contributed by atoms with van der Waals surface area (Å²) in [5, 5.41) is 9.77. The van der Waals surface area contributed by atoms with Crippen molar-refractivity contribution in [3.63, 3.8) is 0 Å². The number of urea groups is 1. The Hall–Kier alpha value is -0.850. The van der Waals surface area contributed by atoms with Gasteiger partial charge in [0.05, 0.1) is 19.8 Å². The number of rotatable bonds is 4. The van der Waals surface area contributed by atoms with Crippen LogP contribution in [0.4, 0.5) is 4.79 Å². The molecule has 0 aliphatic carbocycles. The van der Waals surface area contributed by atoms with Crippen LogP contribution in [-0.2, 0) is 9.53 Å². The molecule has 7 heteroatoms. The van der Waals surface area contributed by atoms with E-state index in [-0.39, 0.29) is 26.5 Å². The monoisotopic (exact) mass is 222 g/mol. The van der Waals surface area contributed by atoms with Crippen LogP contribution in [-0.4, -0.2) is 53.8 Å². The predicted molar refractivity (Wildman–Crippen MR) is 47.8 cm³/mol. The van der Waals surface area contributed by atoms with Gasteiger partial charge in [0.15, 0.2) is 0 Å². The summed E-state index contributed by atoms with van der Waals surface area (Å²) in [6.07, 6.45) is 0. The Kier molecular flexibility index (Phi) is 4.12. The number of carbonyl (C=O) groups excluding carboxylic acids is 2. The molecule has 1 saturated heterocycles. The Morgan fingerprint density at radius 1 is 1.64 bits per heavy atom. The number of hydrogen-bond donors (Lipinski definition) is 2. The van der Waals surface area contributed by atoms with Crippen molar-refractivity contribution in [2.75, 3.05) is 26.5 Å². The Bertz CT molecular complexity index is 236. The minimum atomic E-state index is -0.745. The number of aliphatic hydroxyl groups is 1. The van der Waals surface area contributed by atoms with Gasteiger partial charge in [-0.2, -0.15) is 0 Å². The van der Waals surface area contributed by atoms with Crippen LogP contribution in [0.2, 0.25) is 0 Å². The van der Waals surface area contributed by atoms with Crippen molar-refractivity contribution in [3.8, 4) is 0 Å². The number of nitrogens with zero attached hydrogens (tertiary/aromatic N) is 1. The fourth-order valence-electron chi connectivity index (χ4n) is 0.973. The van der Waals surface area contributed by atoms with E-state index in [0.717, 1.165) is 0 Å². The van der Waals surface area contributed by atoms with Crippen molar-refractivity contribution < 1.29 is 19.4 Å². The van der Waals surface area contributed by atoms with Crippen molar-refractivity contribution in [1.29, 1.82) is 0 Å². The molecule has 0 radical (unpaired) electrons. The van der Waals surface area contributed by atoms with E-state index >= 15 is 0 Å². The first-order valence-electron chi connectivity index (χ1n) is 4.07. The van der Waals surface area contributed by atoms with Crippen LogP contribution < -0.4 is 5.32 Å². The number of imide groups is 1. The van der Waals surface area contributed by atoms with Gasteiger partial charge in [-0.3, -0.25) is 15.0 Å². The smallest absolute Gasteiger partial charge is 0.325 e. The molecule has 1 aliphatic rings. The van der Waals surface area contributed by atoms with E-state index in [2.05, 4.69) is 5.32 Å². The molecular formula is C7H11ClN2O4. The quantitative estimate of drug-likeness (QED) is 0.478. The molecule has 1 atom stereocenters.